The minimum absolute atomic E-state index is 0.171. The lowest BCUT2D eigenvalue weighted by Gasteiger charge is -1.92. The first kappa shape index (κ1) is 7.28. The van der Waals surface area contributed by atoms with Crippen molar-refractivity contribution < 1.29 is 4.79 Å². The number of fused-ring (bicyclic) bond motifs is 1. The van der Waals surface area contributed by atoms with Crippen molar-refractivity contribution in [2.45, 2.75) is 10.3 Å². The fourth-order valence-corrected chi connectivity index (χ4v) is 2.20. The highest BCUT2D eigenvalue weighted by Gasteiger charge is 2.27. The molecular weight excluding hydrogens is 251 g/mol. The average molecular weight is 258 g/mol. The smallest absolute Gasteiger partial charge is 0.176 e. The Morgan fingerprint density at radius 2 is 2.09 bits per heavy atom. The molecule has 0 saturated heterocycles. The number of Topliss-reactive ketones (excluding diaryl/α,β-unsaturated/α-hetero) is 1. The van der Waals surface area contributed by atoms with E-state index in [4.69, 9.17) is 0 Å². The van der Waals surface area contributed by atoms with Crippen LogP contribution in [-0.4, -0.2) is 9.71 Å². The summed E-state index contributed by atoms with van der Waals surface area (Å²) in [5.41, 5.74) is 2.13. The molecular formula is C9H7IO. The van der Waals surface area contributed by atoms with Crippen LogP contribution in [0, 0.1) is 0 Å². The van der Waals surface area contributed by atoms with Gasteiger partial charge in [-0.1, -0.05) is 46.9 Å². The molecule has 0 unspecified atom stereocenters. The van der Waals surface area contributed by atoms with Crippen molar-refractivity contribution in [3.05, 3.63) is 35.4 Å². The maximum atomic E-state index is 11.4. The van der Waals surface area contributed by atoms with Crippen molar-refractivity contribution in [3.8, 4) is 0 Å². The van der Waals surface area contributed by atoms with Gasteiger partial charge in [0.25, 0.3) is 0 Å². The molecule has 2 heteroatoms. The normalized spacial score (nSPS) is 21.9. The standard InChI is InChI=1S/C9H7IO/c10-8-5-6-3-1-2-4-7(6)9(8)11/h1-4,8H,5H2/t8-/m1/s1. The van der Waals surface area contributed by atoms with E-state index in [-0.39, 0.29) is 3.92 Å². The van der Waals surface area contributed by atoms with Crippen molar-refractivity contribution in [2.24, 2.45) is 0 Å². The molecule has 1 atom stereocenters. The van der Waals surface area contributed by atoms with Gasteiger partial charge in [0.1, 0.15) is 0 Å². The highest BCUT2D eigenvalue weighted by atomic mass is 127. The third kappa shape index (κ3) is 1.09. The number of alkyl halides is 1. The number of halogens is 1. The van der Waals surface area contributed by atoms with E-state index in [9.17, 15) is 4.79 Å². The summed E-state index contributed by atoms with van der Waals surface area (Å²) in [5, 5.41) is 0. The van der Waals surface area contributed by atoms with Crippen LogP contribution in [0.2, 0.25) is 0 Å². The van der Waals surface area contributed by atoms with Gasteiger partial charge in [0.15, 0.2) is 5.78 Å². The predicted molar refractivity (Wildman–Crippen MR) is 52.3 cm³/mol. The Morgan fingerprint density at radius 1 is 1.36 bits per heavy atom. The van der Waals surface area contributed by atoms with Crippen molar-refractivity contribution in [3.63, 3.8) is 0 Å². The number of hydrogen-bond acceptors (Lipinski definition) is 1. The van der Waals surface area contributed by atoms with E-state index < -0.39 is 0 Å². The number of carbonyl (C=O) groups excluding carboxylic acids is 1. The molecule has 11 heavy (non-hydrogen) atoms. The molecule has 1 aromatic carbocycles. The molecule has 56 valence electrons. The Morgan fingerprint density at radius 3 is 2.82 bits per heavy atom. The van der Waals surface area contributed by atoms with Crippen LogP contribution in [0.1, 0.15) is 15.9 Å². The predicted octanol–water partition coefficient (Wildman–Crippen LogP) is 2.23. The zero-order chi connectivity index (χ0) is 7.84. The molecule has 0 amide bonds. The van der Waals surface area contributed by atoms with Crippen LogP contribution in [0.5, 0.6) is 0 Å². The number of hydrogen-bond donors (Lipinski definition) is 0. The SMILES string of the molecule is O=C1c2ccccc2C[C@H]1I. The largest absolute Gasteiger partial charge is 0.293 e. The highest BCUT2D eigenvalue weighted by Crippen LogP contribution is 2.26. The summed E-state index contributed by atoms with van der Waals surface area (Å²) in [7, 11) is 0. The van der Waals surface area contributed by atoms with E-state index in [2.05, 4.69) is 22.6 Å². The highest BCUT2D eigenvalue weighted by molar-refractivity contribution is 14.1. The molecule has 1 aromatic rings. The molecule has 0 aliphatic heterocycles. The third-order valence-electron chi connectivity index (χ3n) is 1.97. The van der Waals surface area contributed by atoms with Crippen LogP contribution >= 0.6 is 22.6 Å². The second-order valence-corrected chi connectivity index (χ2v) is 4.20. The third-order valence-corrected chi connectivity index (χ3v) is 2.97. The molecule has 0 bridgehead atoms. The lowest BCUT2D eigenvalue weighted by atomic mass is 10.1. The lowest BCUT2D eigenvalue weighted by molar-refractivity contribution is 0.100. The van der Waals surface area contributed by atoms with Gasteiger partial charge in [0.2, 0.25) is 0 Å². The number of ketones is 1. The van der Waals surface area contributed by atoms with Gasteiger partial charge >= 0.3 is 0 Å². The molecule has 1 aliphatic carbocycles. The summed E-state index contributed by atoms with van der Waals surface area (Å²) < 4.78 is 0.171. The lowest BCUT2D eigenvalue weighted by Crippen LogP contribution is -2.05. The zero-order valence-electron chi connectivity index (χ0n) is 5.88. The van der Waals surface area contributed by atoms with Crippen molar-refractivity contribution in [1.29, 1.82) is 0 Å². The molecule has 0 heterocycles. The van der Waals surface area contributed by atoms with Crippen LogP contribution in [0.25, 0.3) is 0 Å². The second kappa shape index (κ2) is 2.59. The quantitative estimate of drug-likeness (QED) is 0.515. The summed E-state index contributed by atoms with van der Waals surface area (Å²) in [5.74, 6) is 0.293. The Kier molecular flexibility index (Phi) is 1.71. The fourth-order valence-electron chi connectivity index (χ4n) is 1.39. The summed E-state index contributed by atoms with van der Waals surface area (Å²) in [6, 6.07) is 7.86. The molecule has 1 nitrogen and oxygen atoms in total. The summed E-state index contributed by atoms with van der Waals surface area (Å²) in [6.45, 7) is 0. The fraction of sp³-hybridized carbons (Fsp3) is 0.222. The molecule has 0 saturated carbocycles. The Balaban J connectivity index is 2.55. The topological polar surface area (TPSA) is 17.1 Å². The van der Waals surface area contributed by atoms with Gasteiger partial charge in [-0.05, 0) is 12.0 Å². The van der Waals surface area contributed by atoms with Crippen molar-refractivity contribution in [2.75, 3.05) is 0 Å². The summed E-state index contributed by atoms with van der Waals surface area (Å²) in [4.78, 5) is 11.4. The molecule has 0 aromatic heterocycles. The van der Waals surface area contributed by atoms with E-state index in [1.54, 1.807) is 0 Å². The van der Waals surface area contributed by atoms with E-state index in [0.717, 1.165) is 12.0 Å². The minimum Gasteiger partial charge on any atom is -0.293 e. The number of benzene rings is 1. The Hall–Kier alpha value is -0.380. The molecule has 0 N–H and O–H groups in total. The van der Waals surface area contributed by atoms with E-state index >= 15 is 0 Å². The van der Waals surface area contributed by atoms with Gasteiger partial charge in [-0.25, -0.2) is 0 Å². The van der Waals surface area contributed by atoms with Gasteiger partial charge in [0, 0.05) is 5.56 Å². The van der Waals surface area contributed by atoms with Gasteiger partial charge < -0.3 is 0 Å². The Labute approximate surface area is 78.9 Å². The first-order valence-electron chi connectivity index (χ1n) is 3.55. The monoisotopic (exact) mass is 258 g/mol. The van der Waals surface area contributed by atoms with Crippen LogP contribution in [0.3, 0.4) is 0 Å². The first-order chi connectivity index (χ1) is 5.29. The van der Waals surface area contributed by atoms with Crippen LogP contribution in [0.4, 0.5) is 0 Å². The maximum absolute atomic E-state index is 11.4. The van der Waals surface area contributed by atoms with Gasteiger partial charge in [-0.2, -0.15) is 0 Å². The number of carbonyl (C=O) groups is 1. The molecule has 0 radical (unpaired) electrons. The zero-order valence-corrected chi connectivity index (χ0v) is 8.04. The van der Waals surface area contributed by atoms with Crippen LogP contribution in [0.15, 0.2) is 24.3 Å². The molecule has 0 spiro atoms. The van der Waals surface area contributed by atoms with Crippen LogP contribution < -0.4 is 0 Å². The summed E-state index contributed by atoms with van der Waals surface area (Å²) in [6.07, 6.45) is 0.912. The van der Waals surface area contributed by atoms with Gasteiger partial charge in [-0.3, -0.25) is 4.79 Å². The minimum atomic E-state index is 0.171. The molecule has 1 aliphatic rings. The Bertz CT molecular complexity index is 306. The maximum Gasteiger partial charge on any atom is 0.176 e. The molecule has 2 rings (SSSR count). The number of rotatable bonds is 0. The van der Waals surface area contributed by atoms with E-state index in [1.165, 1.54) is 5.56 Å². The van der Waals surface area contributed by atoms with E-state index in [0.29, 0.717) is 5.78 Å². The van der Waals surface area contributed by atoms with Crippen molar-refractivity contribution >= 4 is 28.4 Å². The van der Waals surface area contributed by atoms with Crippen molar-refractivity contribution in [1.82, 2.24) is 0 Å². The van der Waals surface area contributed by atoms with Crippen LogP contribution in [-0.2, 0) is 6.42 Å². The summed E-state index contributed by atoms with van der Waals surface area (Å²) >= 11 is 2.20. The van der Waals surface area contributed by atoms with E-state index in [1.807, 2.05) is 24.3 Å². The van der Waals surface area contributed by atoms with Gasteiger partial charge in [0.05, 0.1) is 3.92 Å². The molecule has 0 fully saturated rings. The van der Waals surface area contributed by atoms with Gasteiger partial charge in [-0.15, -0.1) is 0 Å². The second-order valence-electron chi connectivity index (χ2n) is 2.69. The first-order valence-corrected chi connectivity index (χ1v) is 4.80. The average Bonchev–Trinajstić information content (AvgIpc) is 2.30.